The quantitative estimate of drug-likeness (QED) is 0.0222. The van der Waals surface area contributed by atoms with E-state index in [-0.39, 0.29) is 25.7 Å². The number of phosphoric acid groups is 2. The second-order valence-corrected chi connectivity index (χ2v) is 33.3. The highest BCUT2D eigenvalue weighted by atomic mass is 31.2. The lowest BCUT2D eigenvalue weighted by atomic mass is 10.0. The number of esters is 4. The summed E-state index contributed by atoms with van der Waals surface area (Å²) >= 11 is 0. The summed E-state index contributed by atoms with van der Waals surface area (Å²) in [6.45, 7) is 14.2. The third-order valence-electron chi connectivity index (χ3n) is 18.3. The fourth-order valence-electron chi connectivity index (χ4n) is 12.1. The van der Waals surface area contributed by atoms with Gasteiger partial charge >= 0.3 is 39.5 Å². The van der Waals surface area contributed by atoms with Crippen molar-refractivity contribution in [3.05, 3.63) is 0 Å². The van der Waals surface area contributed by atoms with Crippen molar-refractivity contribution in [3.8, 4) is 0 Å². The second-order valence-electron chi connectivity index (χ2n) is 30.4. The molecule has 17 nitrogen and oxygen atoms in total. The Bertz CT molecular complexity index is 1920. The lowest BCUT2D eigenvalue weighted by Crippen LogP contribution is -2.30. The lowest BCUT2D eigenvalue weighted by Gasteiger charge is -2.21. The van der Waals surface area contributed by atoms with Crippen molar-refractivity contribution in [1.82, 2.24) is 0 Å². The van der Waals surface area contributed by atoms with Gasteiger partial charge in [0.2, 0.25) is 0 Å². The van der Waals surface area contributed by atoms with Crippen molar-refractivity contribution in [3.63, 3.8) is 0 Å². The smallest absolute Gasteiger partial charge is 0.462 e. The molecule has 0 saturated heterocycles. The van der Waals surface area contributed by atoms with Gasteiger partial charge in [-0.05, 0) is 49.4 Å². The maximum absolute atomic E-state index is 13.1. The Labute approximate surface area is 600 Å². The summed E-state index contributed by atoms with van der Waals surface area (Å²) in [6.07, 6.45) is 54.2. The van der Waals surface area contributed by atoms with E-state index in [1.54, 1.807) is 0 Å². The summed E-state index contributed by atoms with van der Waals surface area (Å²) in [6, 6.07) is 0. The molecule has 0 rings (SSSR count). The van der Waals surface area contributed by atoms with Crippen LogP contribution in [0.15, 0.2) is 0 Å². The molecule has 0 aromatic rings. The molecule has 0 aromatic heterocycles. The van der Waals surface area contributed by atoms with Crippen LogP contribution in [0.1, 0.15) is 402 Å². The summed E-state index contributed by atoms with van der Waals surface area (Å²) in [5, 5.41) is 10.6. The lowest BCUT2D eigenvalue weighted by molar-refractivity contribution is -0.161. The van der Waals surface area contributed by atoms with Gasteiger partial charge in [-0.3, -0.25) is 37.3 Å². The monoisotopic (exact) mass is 1440 g/mol. The Morgan fingerprint density at radius 3 is 0.633 bits per heavy atom. The minimum atomic E-state index is -4.96. The minimum Gasteiger partial charge on any atom is -0.462 e. The van der Waals surface area contributed by atoms with Gasteiger partial charge in [0.1, 0.15) is 19.3 Å². The van der Waals surface area contributed by atoms with Crippen molar-refractivity contribution in [2.45, 2.75) is 420 Å². The molecular weight excluding hydrogens is 1280 g/mol. The van der Waals surface area contributed by atoms with Gasteiger partial charge in [0, 0.05) is 25.7 Å². The Morgan fingerprint density at radius 2 is 0.429 bits per heavy atom. The number of carbonyl (C=O) groups excluding carboxylic acids is 4. The van der Waals surface area contributed by atoms with Gasteiger partial charge in [0.25, 0.3) is 0 Å². The van der Waals surface area contributed by atoms with Crippen LogP contribution in [0.3, 0.4) is 0 Å². The number of carbonyl (C=O) groups is 4. The highest BCUT2D eigenvalue weighted by Gasteiger charge is 2.30. The average Bonchev–Trinajstić information content (AvgIpc) is 0.959. The van der Waals surface area contributed by atoms with Crippen LogP contribution >= 0.6 is 15.6 Å². The van der Waals surface area contributed by atoms with Crippen molar-refractivity contribution >= 4 is 39.5 Å². The molecule has 0 aliphatic carbocycles. The van der Waals surface area contributed by atoms with Crippen molar-refractivity contribution in [2.75, 3.05) is 39.6 Å². The molecule has 0 spiro atoms. The minimum absolute atomic E-state index is 0.105. The van der Waals surface area contributed by atoms with E-state index >= 15 is 0 Å². The van der Waals surface area contributed by atoms with Crippen LogP contribution in [0.25, 0.3) is 0 Å². The van der Waals surface area contributed by atoms with E-state index in [9.17, 15) is 43.2 Å². The van der Waals surface area contributed by atoms with Gasteiger partial charge in [0.15, 0.2) is 12.2 Å². The fraction of sp³-hybridized carbons (Fsp3) is 0.949. The molecule has 582 valence electrons. The summed E-state index contributed by atoms with van der Waals surface area (Å²) in [4.78, 5) is 72.9. The first-order valence-electron chi connectivity index (χ1n) is 40.7. The molecule has 0 heterocycles. The van der Waals surface area contributed by atoms with E-state index < -0.39 is 97.5 Å². The van der Waals surface area contributed by atoms with E-state index in [0.29, 0.717) is 25.7 Å². The summed E-state index contributed by atoms with van der Waals surface area (Å²) in [5.41, 5.74) is 0. The van der Waals surface area contributed by atoms with Gasteiger partial charge in [-0.25, -0.2) is 9.13 Å². The van der Waals surface area contributed by atoms with E-state index in [1.807, 2.05) is 0 Å². The SMILES string of the molecule is CC(C)CCCCCCCCCCCCCCCCCCCCC(=O)O[C@H](COC(=O)CCCCCCCCCCCCC(C)C)COP(=O)(O)OCC(O)COP(=O)(O)OC[C@@H](COC(=O)CCCCCCCCCCC(C)C)OC(=O)CCCCCCCCCCCCC(C)C. The molecule has 0 aromatic carbocycles. The first kappa shape index (κ1) is 96.1. The predicted molar refractivity (Wildman–Crippen MR) is 400 cm³/mol. The predicted octanol–water partition coefficient (Wildman–Crippen LogP) is 23.2. The molecule has 19 heteroatoms. The van der Waals surface area contributed by atoms with Gasteiger partial charge in [-0.1, -0.05) is 351 Å². The summed E-state index contributed by atoms with van der Waals surface area (Å²) in [5.74, 6) is 0.939. The first-order chi connectivity index (χ1) is 47.1. The standard InChI is InChI=1S/C79H154O17P2/c1-69(2)55-47-39-31-23-17-15-13-11-9-10-12-14-16-18-27-37-45-53-61-78(83)95-74(65-89-76(81)59-51-43-35-26-21-19-24-32-40-48-56-70(3)4)67-93-97(85,86)91-63-73(80)64-92-98(87,88)94-68-75(66-90-77(82)60-52-44-36-30-29-34-42-50-58-72(7)8)96-79(84)62-54-46-38-28-22-20-25-33-41-49-57-71(5)6/h69-75,80H,9-68H2,1-8H3,(H,85,86)(H,87,88)/t73?,74-,75-/m1/s1. The molecule has 0 aliphatic heterocycles. The van der Waals surface area contributed by atoms with Gasteiger partial charge < -0.3 is 33.8 Å². The third-order valence-corrected chi connectivity index (χ3v) is 20.2. The van der Waals surface area contributed by atoms with Crippen molar-refractivity contribution in [1.29, 1.82) is 0 Å². The number of aliphatic hydroxyl groups excluding tert-OH is 1. The zero-order valence-electron chi connectivity index (χ0n) is 64.4. The fourth-order valence-corrected chi connectivity index (χ4v) is 13.7. The Hall–Kier alpha value is -1.94. The molecule has 3 N–H and O–H groups in total. The van der Waals surface area contributed by atoms with Gasteiger partial charge in [-0.15, -0.1) is 0 Å². The number of ether oxygens (including phenoxy) is 4. The molecule has 0 fully saturated rings. The zero-order valence-corrected chi connectivity index (χ0v) is 66.2. The molecule has 0 saturated carbocycles. The molecule has 0 bridgehead atoms. The Morgan fingerprint density at radius 1 is 0.255 bits per heavy atom. The molecule has 3 unspecified atom stereocenters. The van der Waals surface area contributed by atoms with Crippen molar-refractivity contribution in [2.24, 2.45) is 23.7 Å². The van der Waals surface area contributed by atoms with E-state index in [4.69, 9.17) is 37.0 Å². The second kappa shape index (κ2) is 68.2. The van der Waals surface area contributed by atoms with Gasteiger partial charge in [-0.2, -0.15) is 0 Å². The maximum atomic E-state index is 13.1. The van der Waals surface area contributed by atoms with Crippen LogP contribution in [0.4, 0.5) is 0 Å². The molecular formula is C79H154O17P2. The summed E-state index contributed by atoms with van der Waals surface area (Å²) < 4.78 is 68.6. The largest absolute Gasteiger partial charge is 0.472 e. The number of rotatable bonds is 76. The molecule has 5 atom stereocenters. The Kier molecular flexibility index (Phi) is 66.8. The molecule has 98 heavy (non-hydrogen) atoms. The van der Waals surface area contributed by atoms with Crippen LogP contribution in [0.2, 0.25) is 0 Å². The number of hydrogen-bond donors (Lipinski definition) is 3. The third kappa shape index (κ3) is 72.4. The zero-order chi connectivity index (χ0) is 72.4. The van der Waals surface area contributed by atoms with Gasteiger partial charge in [0.05, 0.1) is 26.4 Å². The van der Waals surface area contributed by atoms with Crippen LogP contribution in [-0.2, 0) is 65.4 Å². The van der Waals surface area contributed by atoms with Crippen LogP contribution < -0.4 is 0 Å². The van der Waals surface area contributed by atoms with E-state index in [0.717, 1.165) is 114 Å². The normalized spacial score (nSPS) is 14.1. The summed E-state index contributed by atoms with van der Waals surface area (Å²) in [7, 11) is -9.92. The first-order valence-corrected chi connectivity index (χ1v) is 43.7. The number of phosphoric ester groups is 2. The van der Waals surface area contributed by atoms with Crippen molar-refractivity contribution < 1.29 is 80.2 Å². The van der Waals surface area contributed by atoms with E-state index in [1.165, 1.54) is 205 Å². The topological polar surface area (TPSA) is 237 Å². The molecule has 0 radical (unpaired) electrons. The average molecular weight is 1440 g/mol. The maximum Gasteiger partial charge on any atom is 0.472 e. The van der Waals surface area contributed by atoms with Crippen LogP contribution in [-0.4, -0.2) is 96.7 Å². The van der Waals surface area contributed by atoms with E-state index in [2.05, 4.69) is 55.4 Å². The van der Waals surface area contributed by atoms with Crippen LogP contribution in [0, 0.1) is 23.7 Å². The number of unbranched alkanes of at least 4 members (excludes halogenated alkanes) is 42. The number of hydrogen-bond acceptors (Lipinski definition) is 15. The number of aliphatic hydroxyl groups is 1. The molecule has 0 amide bonds. The molecule has 0 aliphatic rings. The highest BCUT2D eigenvalue weighted by Crippen LogP contribution is 2.45. The Balaban J connectivity index is 5.22. The highest BCUT2D eigenvalue weighted by molar-refractivity contribution is 7.47. The van der Waals surface area contributed by atoms with Crippen LogP contribution in [0.5, 0.6) is 0 Å².